The van der Waals surface area contributed by atoms with E-state index < -0.39 is 219 Å². The highest BCUT2D eigenvalue weighted by atomic mass is 16.5. The van der Waals surface area contributed by atoms with Gasteiger partial charge < -0.3 is 126 Å². The first-order valence-corrected chi connectivity index (χ1v) is 33.1. The second kappa shape index (κ2) is 41.7. The minimum absolute atomic E-state index is 0.0280. The molecule has 1 aliphatic rings. The van der Waals surface area contributed by atoms with Crippen molar-refractivity contribution in [3.8, 4) is 0 Å². The van der Waals surface area contributed by atoms with Gasteiger partial charge in [-0.3, -0.25) is 73.1 Å². The van der Waals surface area contributed by atoms with Gasteiger partial charge in [-0.15, -0.1) is 0 Å². The largest absolute Gasteiger partial charge is 0.480 e. The van der Waals surface area contributed by atoms with Crippen LogP contribution in [-0.4, -0.2) is 253 Å². The third kappa shape index (κ3) is 26.8. The normalized spacial score (nSPS) is 21.9. The van der Waals surface area contributed by atoms with Crippen LogP contribution in [-0.2, 0) is 103 Å². The minimum Gasteiger partial charge on any atom is -0.480 e. The van der Waals surface area contributed by atoms with Crippen molar-refractivity contribution in [1.82, 2.24) is 89.0 Å². The molecule has 42 nitrogen and oxygen atoms in total. The number of rotatable bonds is 27. The van der Waals surface area contributed by atoms with Gasteiger partial charge in [0.05, 0.1) is 45.0 Å². The van der Waals surface area contributed by atoms with E-state index in [1.54, 1.807) is 60.8 Å². The fourth-order valence-electron chi connectivity index (χ4n) is 10.7. The van der Waals surface area contributed by atoms with E-state index in [1.165, 1.54) is 24.1 Å². The van der Waals surface area contributed by atoms with Crippen LogP contribution in [0.2, 0.25) is 0 Å². The average Bonchev–Trinajstić information content (AvgIpc) is 1.73. The Hall–Kier alpha value is -12.3. The molecular formula is C64H89N21O21. The quantitative estimate of drug-likeness (QED) is 0.00867. The first-order chi connectivity index (χ1) is 50.3. The number of H-pyrrole nitrogens is 1. The number of aromatic nitrogens is 3. The number of hydrogen-bond donors (Lipinski definition) is 24. The van der Waals surface area contributed by atoms with Gasteiger partial charge in [0.1, 0.15) is 72.6 Å². The molecule has 1 fully saturated rings. The molecule has 13 atom stereocenters. The monoisotopic (exact) mass is 1490 g/mol. The summed E-state index contributed by atoms with van der Waals surface area (Å²) >= 11 is 0. The van der Waals surface area contributed by atoms with E-state index in [9.17, 15) is 92.7 Å². The van der Waals surface area contributed by atoms with Gasteiger partial charge in [0, 0.05) is 68.4 Å². The third-order valence-electron chi connectivity index (χ3n) is 16.3. The Balaban J connectivity index is 1.57. The summed E-state index contributed by atoms with van der Waals surface area (Å²) in [6, 6.07) is -6.23. The van der Waals surface area contributed by atoms with Crippen LogP contribution in [0.15, 0.2) is 73.3 Å². The molecule has 3 heterocycles. The summed E-state index contributed by atoms with van der Waals surface area (Å²) in [5, 5.41) is 101. The van der Waals surface area contributed by atoms with Gasteiger partial charge in [-0.1, -0.05) is 48.5 Å². The number of aliphatic hydroxyl groups is 3. The molecule has 0 aliphatic carbocycles. The summed E-state index contributed by atoms with van der Waals surface area (Å²) in [4.78, 5) is 214. The van der Waals surface area contributed by atoms with Gasteiger partial charge in [0.15, 0.2) is 11.9 Å². The van der Waals surface area contributed by atoms with Crippen molar-refractivity contribution in [3.63, 3.8) is 0 Å². The lowest BCUT2D eigenvalue weighted by Gasteiger charge is -2.30. The van der Waals surface area contributed by atoms with E-state index in [4.69, 9.17) is 27.0 Å². The number of carbonyl (C=O) groups excluding carboxylic acids is 13. The van der Waals surface area contributed by atoms with Crippen molar-refractivity contribution < 1.29 is 102 Å². The summed E-state index contributed by atoms with van der Waals surface area (Å²) in [6.07, 6.45) is -3.93. The highest BCUT2D eigenvalue weighted by Gasteiger charge is 2.40. The maximum atomic E-state index is 15.1. The molecule has 2 aromatic carbocycles. The highest BCUT2D eigenvalue weighted by molar-refractivity contribution is 6.00. The zero-order chi connectivity index (χ0) is 78.3. The third-order valence-corrected chi connectivity index (χ3v) is 16.3. The number of benzene rings is 2. The highest BCUT2D eigenvalue weighted by Crippen LogP contribution is 2.20. The van der Waals surface area contributed by atoms with Gasteiger partial charge in [0.2, 0.25) is 71.4 Å². The van der Waals surface area contributed by atoms with Gasteiger partial charge >= 0.3 is 17.9 Å². The zero-order valence-electron chi connectivity index (χ0n) is 57.7. The summed E-state index contributed by atoms with van der Waals surface area (Å²) in [5.74, 6) is -20.1. The number of carbonyl (C=O) groups is 15. The van der Waals surface area contributed by atoms with Gasteiger partial charge in [-0.05, 0) is 56.7 Å². The number of cyclic esters (lactones) is 1. The molecule has 0 saturated carbocycles. The number of hydrogen-bond acceptors (Lipinski definition) is 22. The van der Waals surface area contributed by atoms with Crippen molar-refractivity contribution in [1.29, 1.82) is 10.8 Å². The number of ether oxygens (including phenoxy) is 1. The lowest BCUT2D eigenvalue weighted by atomic mass is 10.0. The number of carboxylic acid groups (broad SMARTS) is 2. The summed E-state index contributed by atoms with van der Waals surface area (Å²) < 4.78 is 6.91. The van der Waals surface area contributed by atoms with E-state index >= 15 is 4.79 Å². The second-order valence-corrected chi connectivity index (χ2v) is 24.4. The molecule has 26 N–H and O–H groups in total. The SMILES string of the molecule is C[C@@H](O)[C@H](NC(=O)[C@H](Cc1c[nH]c2ccccc12)NC=O)C(=O)N[C@@H](CCCNC(=N)N)C(=O)N[C@@H]1C(=O)N[C@@H](Cc2cncn2C)C(=O)N[C@H](C(=O)O)CC(=O)N[C@H](CO)C(=O)N[C@@H](Cc2ccccc2)C(=O)NCC(=O)N[C@H](CCCNC(=N)N)C(=O)N[C@@H](CO)C(=O)N[C@H](C(=O)O)CC(=O)O[C@@H]1C. The molecule has 0 radical (unpaired) electrons. The second-order valence-electron chi connectivity index (χ2n) is 24.4. The van der Waals surface area contributed by atoms with E-state index in [-0.39, 0.29) is 57.3 Å². The molecule has 5 rings (SSSR count). The van der Waals surface area contributed by atoms with Crippen molar-refractivity contribution in [2.45, 2.75) is 150 Å². The Labute approximate surface area is 603 Å². The number of aliphatic hydroxyl groups excluding tert-OH is 3. The van der Waals surface area contributed by atoms with Crippen LogP contribution in [0.25, 0.3) is 10.9 Å². The van der Waals surface area contributed by atoms with E-state index in [0.717, 1.165) is 13.8 Å². The zero-order valence-corrected chi connectivity index (χ0v) is 57.7. The maximum absolute atomic E-state index is 15.1. The number of nitrogens with one attached hydrogen (secondary N) is 17. The van der Waals surface area contributed by atoms with Crippen LogP contribution in [0.4, 0.5) is 0 Å². The molecular weight excluding hydrogens is 1400 g/mol. The van der Waals surface area contributed by atoms with Crippen molar-refractivity contribution in [2.24, 2.45) is 18.5 Å². The van der Waals surface area contributed by atoms with Crippen LogP contribution in [0.5, 0.6) is 0 Å². The number of fused-ring (bicyclic) bond motifs is 1. The predicted octanol–water partition coefficient (Wildman–Crippen LogP) is -9.21. The number of esters is 1. The van der Waals surface area contributed by atoms with E-state index in [2.05, 4.69) is 79.1 Å². The van der Waals surface area contributed by atoms with E-state index in [0.29, 0.717) is 22.0 Å². The van der Waals surface area contributed by atoms with Gasteiger partial charge in [0.25, 0.3) is 0 Å². The Bertz CT molecular complexity index is 3820. The van der Waals surface area contributed by atoms with Crippen molar-refractivity contribution >= 4 is 112 Å². The molecule has 1 saturated heterocycles. The van der Waals surface area contributed by atoms with Crippen LogP contribution in [0, 0.1) is 10.8 Å². The Morgan fingerprint density at radius 3 is 1.86 bits per heavy atom. The number of amides is 12. The van der Waals surface area contributed by atoms with Crippen LogP contribution < -0.4 is 85.9 Å². The first-order valence-electron chi connectivity index (χ1n) is 33.1. The standard InChI is InChI=1S/C64H89N21O21/c1-31(89)50(83-55(96)40(74-30-88)20-34-24-72-37-14-8-7-13-36(34)37)59(100)77-39(16-10-18-71-64(67)68)54(95)84-51-32(2)106-49(92)23-44(62(104)105)81-58(99)46(28-87)82-53(94)38(15-9-17-70-63(65)66)75-48(91)26-73-52(93)41(19-33-11-5-4-6-12-33)78-57(98)45(27-86)76-47(90)22-43(61(102)103)80-56(97)42(79-60(51)101)21-35-25-69-29-85(35)3/h4-8,11-14,24-25,29-32,38-46,50-51,72,86-87,89H,9-10,15-23,26-28H2,1-3H3,(H,73,93)(H,74,88)(H,75,91)(H,76,90)(H,77,100)(H,78,98)(H,79,101)(H,80,97)(H,81,99)(H,82,94)(H,83,96)(H,84,95)(H,102,103)(H,104,105)(H4,65,66,70)(H4,67,68,71)/t31-,32-,38-,39+,40+,41+,42+,43+,44+,45-,46+,50+,51+/m1/s1. The fraction of sp³-hybridized carbons (Fsp3) is 0.469. The lowest BCUT2D eigenvalue weighted by Crippen LogP contribution is -2.63. The molecule has 0 unspecified atom stereocenters. The molecule has 4 aromatic rings. The number of imidazole rings is 1. The minimum atomic E-state index is -2.30. The number of aryl methyl sites for hydroxylation is 1. The molecule has 12 amide bonds. The number of guanidine groups is 2. The predicted molar refractivity (Wildman–Crippen MR) is 369 cm³/mol. The first kappa shape index (κ1) is 84.3. The number of nitrogens with zero attached hydrogens (tertiary/aromatic N) is 2. The topological polar surface area (TPSA) is 668 Å². The van der Waals surface area contributed by atoms with Gasteiger partial charge in [-0.25, -0.2) is 14.6 Å². The Morgan fingerprint density at radius 2 is 1.25 bits per heavy atom. The van der Waals surface area contributed by atoms with Crippen LogP contribution >= 0.6 is 0 Å². The average molecular weight is 1490 g/mol. The Morgan fingerprint density at radius 1 is 0.679 bits per heavy atom. The smallest absolute Gasteiger partial charge is 0.326 e. The van der Waals surface area contributed by atoms with E-state index in [1.807, 2.05) is 5.32 Å². The summed E-state index contributed by atoms with van der Waals surface area (Å²) in [6.45, 7) is -1.50. The van der Waals surface area contributed by atoms with Crippen molar-refractivity contribution in [3.05, 3.63) is 90.1 Å². The number of aromatic amines is 1. The summed E-state index contributed by atoms with van der Waals surface area (Å²) in [5.41, 5.74) is 12.7. The number of para-hydroxylation sites is 1. The molecule has 0 bridgehead atoms. The molecule has 106 heavy (non-hydrogen) atoms. The molecule has 42 heteroatoms. The summed E-state index contributed by atoms with van der Waals surface area (Å²) in [7, 11) is 1.45. The lowest BCUT2D eigenvalue weighted by molar-refractivity contribution is -0.156. The van der Waals surface area contributed by atoms with Crippen LogP contribution in [0.3, 0.4) is 0 Å². The molecule has 0 spiro atoms. The van der Waals surface area contributed by atoms with Crippen molar-refractivity contribution in [2.75, 3.05) is 32.8 Å². The van der Waals surface area contributed by atoms with Crippen LogP contribution in [0.1, 0.15) is 69.2 Å². The fourth-order valence-corrected chi connectivity index (χ4v) is 10.7. The molecule has 2 aromatic heterocycles. The molecule has 576 valence electrons. The molecule has 1 aliphatic heterocycles. The number of nitrogens with two attached hydrogens (primary N) is 2. The van der Waals surface area contributed by atoms with Gasteiger partial charge in [-0.2, -0.15) is 0 Å². The maximum Gasteiger partial charge on any atom is 0.326 e. The number of aliphatic carboxylic acids is 2. The Kier molecular flexibility index (Phi) is 33.2. The number of carboxylic acids is 2.